The van der Waals surface area contributed by atoms with E-state index in [0.29, 0.717) is 25.2 Å². The van der Waals surface area contributed by atoms with Crippen molar-refractivity contribution >= 4 is 5.71 Å². The van der Waals surface area contributed by atoms with Crippen LogP contribution in [0.15, 0.2) is 40.1 Å². The first-order chi connectivity index (χ1) is 13.9. The van der Waals surface area contributed by atoms with E-state index in [9.17, 15) is 31.4 Å². The van der Waals surface area contributed by atoms with Gasteiger partial charge in [-0.1, -0.05) is 38.8 Å². The van der Waals surface area contributed by atoms with E-state index in [1.807, 2.05) is 18.7 Å². The number of hydrogen-bond donors (Lipinski definition) is 1. The highest BCUT2D eigenvalue weighted by Crippen LogP contribution is 2.36. The second kappa shape index (κ2) is 11.7. The predicted molar refractivity (Wildman–Crippen MR) is 106 cm³/mol. The van der Waals surface area contributed by atoms with Crippen molar-refractivity contribution in [1.82, 2.24) is 4.90 Å². The van der Waals surface area contributed by atoms with E-state index in [1.165, 1.54) is 6.92 Å². The van der Waals surface area contributed by atoms with Crippen molar-refractivity contribution in [2.45, 2.75) is 71.3 Å². The number of alkyl halides is 6. The smallest absolute Gasteiger partial charge is 0.387 e. The molecular formula is C21H30F6N2O. The Morgan fingerprint density at radius 2 is 1.70 bits per heavy atom. The summed E-state index contributed by atoms with van der Waals surface area (Å²) in [6, 6.07) is 0. The molecule has 1 unspecified atom stereocenters. The second-order valence-corrected chi connectivity index (χ2v) is 7.27. The highest BCUT2D eigenvalue weighted by Gasteiger charge is 2.40. The van der Waals surface area contributed by atoms with Crippen molar-refractivity contribution in [2.24, 2.45) is 4.99 Å². The molecule has 0 aromatic heterocycles. The fraction of sp³-hybridized carbons (Fsp3) is 0.667. The molecule has 0 fully saturated rings. The highest BCUT2D eigenvalue weighted by atomic mass is 19.4. The molecule has 1 aliphatic heterocycles. The van der Waals surface area contributed by atoms with Gasteiger partial charge in [-0.3, -0.25) is 0 Å². The van der Waals surface area contributed by atoms with Gasteiger partial charge in [-0.2, -0.15) is 26.3 Å². The molecule has 9 heteroatoms. The predicted octanol–water partition coefficient (Wildman–Crippen LogP) is 5.98. The van der Waals surface area contributed by atoms with E-state index < -0.39 is 41.9 Å². The molecule has 1 heterocycles. The monoisotopic (exact) mass is 440 g/mol. The van der Waals surface area contributed by atoms with E-state index in [1.54, 1.807) is 0 Å². The van der Waals surface area contributed by atoms with E-state index in [4.69, 9.17) is 0 Å². The zero-order valence-corrected chi connectivity index (χ0v) is 17.6. The van der Waals surface area contributed by atoms with E-state index in [-0.39, 0.29) is 12.1 Å². The fourth-order valence-electron chi connectivity index (χ4n) is 3.09. The van der Waals surface area contributed by atoms with Crippen LogP contribution >= 0.6 is 0 Å². The number of halogens is 6. The van der Waals surface area contributed by atoms with E-state index in [0.717, 1.165) is 31.8 Å². The summed E-state index contributed by atoms with van der Waals surface area (Å²) in [7, 11) is 0. The van der Waals surface area contributed by atoms with Gasteiger partial charge < -0.3 is 10.0 Å². The van der Waals surface area contributed by atoms with Crippen molar-refractivity contribution in [3.8, 4) is 0 Å². The van der Waals surface area contributed by atoms with Crippen molar-refractivity contribution in [3.63, 3.8) is 0 Å². The minimum absolute atomic E-state index is 0.0647. The SMILES string of the molecule is C/C=C\C(=C1/CC(C(O)CN(CCCC)CCCC)=CC(C(F)(F)F)=N1)C(F)(F)F. The maximum absolute atomic E-state index is 13.4. The van der Waals surface area contributed by atoms with Gasteiger partial charge in [0.05, 0.1) is 17.4 Å². The van der Waals surface area contributed by atoms with Crippen molar-refractivity contribution in [1.29, 1.82) is 0 Å². The van der Waals surface area contributed by atoms with Crippen molar-refractivity contribution in [2.75, 3.05) is 19.6 Å². The molecule has 0 aromatic carbocycles. The number of unbranched alkanes of at least 4 members (excludes halogenated alkanes) is 2. The molecule has 0 saturated heterocycles. The zero-order valence-electron chi connectivity index (χ0n) is 17.6. The third-order valence-corrected chi connectivity index (χ3v) is 4.70. The van der Waals surface area contributed by atoms with Gasteiger partial charge >= 0.3 is 12.4 Å². The summed E-state index contributed by atoms with van der Waals surface area (Å²) in [5, 5.41) is 10.6. The number of rotatable bonds is 10. The first-order valence-corrected chi connectivity index (χ1v) is 10.1. The van der Waals surface area contributed by atoms with Crippen LogP contribution in [0.1, 0.15) is 52.9 Å². The van der Waals surface area contributed by atoms with Gasteiger partial charge in [0, 0.05) is 13.0 Å². The Labute approximate surface area is 173 Å². The van der Waals surface area contributed by atoms with E-state index >= 15 is 0 Å². The van der Waals surface area contributed by atoms with Crippen LogP contribution in [0.2, 0.25) is 0 Å². The average Bonchev–Trinajstić information content (AvgIpc) is 2.66. The van der Waals surface area contributed by atoms with Crippen LogP contribution in [-0.4, -0.2) is 53.8 Å². The Hall–Kier alpha value is -1.61. The summed E-state index contributed by atoms with van der Waals surface area (Å²) >= 11 is 0. The summed E-state index contributed by atoms with van der Waals surface area (Å²) in [5.41, 5.74) is -3.52. The summed E-state index contributed by atoms with van der Waals surface area (Å²) in [6.07, 6.45) is -5.56. The summed E-state index contributed by atoms with van der Waals surface area (Å²) in [6.45, 7) is 6.73. The van der Waals surface area contributed by atoms with Crippen LogP contribution in [0.4, 0.5) is 26.3 Å². The molecule has 0 saturated carbocycles. The van der Waals surface area contributed by atoms with Gasteiger partial charge in [0.25, 0.3) is 0 Å². The van der Waals surface area contributed by atoms with Crippen molar-refractivity contribution < 1.29 is 31.4 Å². The molecule has 30 heavy (non-hydrogen) atoms. The maximum atomic E-state index is 13.4. The number of aliphatic hydroxyl groups excluding tert-OH is 1. The van der Waals surface area contributed by atoms with Crippen LogP contribution < -0.4 is 0 Å². The standard InChI is InChI=1S/C21H30F6N2O/c1-4-7-10-29(11-8-5-2)14-18(30)15-12-17(16(9-6-3)20(22,23)24)28-19(13-15)21(25,26)27/h6,9,13,18,30H,4-5,7-8,10-12,14H2,1-3H3/b9-6-,17-16-. The number of dihydropyridines is 1. The zero-order chi connectivity index (χ0) is 22.9. The normalized spacial score (nSPS) is 18.6. The number of allylic oxidation sites excluding steroid dienone is 5. The Bertz CT molecular complexity index is 666. The third kappa shape index (κ3) is 8.26. The van der Waals surface area contributed by atoms with Crippen molar-refractivity contribution in [3.05, 3.63) is 35.1 Å². The van der Waals surface area contributed by atoms with Crippen LogP contribution in [0.3, 0.4) is 0 Å². The molecule has 0 aliphatic carbocycles. The Morgan fingerprint density at radius 1 is 1.13 bits per heavy atom. The lowest BCUT2D eigenvalue weighted by molar-refractivity contribution is -0.0893. The summed E-state index contributed by atoms with van der Waals surface area (Å²) < 4.78 is 80.1. The molecule has 172 valence electrons. The Kier molecular flexibility index (Phi) is 10.3. The Morgan fingerprint density at radius 3 is 2.13 bits per heavy atom. The number of aliphatic hydroxyl groups is 1. The van der Waals surface area contributed by atoms with Gasteiger partial charge in [-0.25, -0.2) is 4.99 Å². The molecule has 1 aliphatic rings. The van der Waals surface area contributed by atoms with Gasteiger partial charge in [0.2, 0.25) is 0 Å². The summed E-state index contributed by atoms with van der Waals surface area (Å²) in [5.74, 6) is 0. The van der Waals surface area contributed by atoms with Gasteiger partial charge in [0.15, 0.2) is 0 Å². The minimum atomic E-state index is -4.92. The molecule has 3 nitrogen and oxygen atoms in total. The van der Waals surface area contributed by atoms with Gasteiger partial charge in [-0.15, -0.1) is 0 Å². The number of aliphatic imine (C=N–C) groups is 1. The maximum Gasteiger partial charge on any atom is 0.433 e. The van der Waals surface area contributed by atoms with Crippen LogP contribution in [0, 0.1) is 0 Å². The lowest BCUT2D eigenvalue weighted by atomic mass is 9.95. The number of hydrogen-bond acceptors (Lipinski definition) is 3. The fourth-order valence-corrected chi connectivity index (χ4v) is 3.09. The minimum Gasteiger partial charge on any atom is -0.387 e. The molecule has 0 radical (unpaired) electrons. The first-order valence-electron chi connectivity index (χ1n) is 10.1. The molecule has 1 rings (SSSR count). The molecule has 1 atom stereocenters. The van der Waals surface area contributed by atoms with Crippen LogP contribution in [-0.2, 0) is 0 Å². The van der Waals surface area contributed by atoms with Gasteiger partial charge in [-0.05, 0) is 44.5 Å². The summed E-state index contributed by atoms with van der Waals surface area (Å²) in [4.78, 5) is 5.19. The molecule has 0 aromatic rings. The van der Waals surface area contributed by atoms with Gasteiger partial charge in [0.1, 0.15) is 5.71 Å². The highest BCUT2D eigenvalue weighted by molar-refractivity contribution is 6.01. The molecule has 0 spiro atoms. The molecule has 0 amide bonds. The topological polar surface area (TPSA) is 35.8 Å². The molecule has 1 N–H and O–H groups in total. The number of nitrogens with zero attached hydrogens (tertiary/aromatic N) is 2. The molecular weight excluding hydrogens is 410 g/mol. The van der Waals surface area contributed by atoms with Crippen LogP contribution in [0.25, 0.3) is 0 Å². The average molecular weight is 440 g/mol. The lowest BCUT2D eigenvalue weighted by Crippen LogP contribution is -2.36. The third-order valence-electron chi connectivity index (χ3n) is 4.70. The lowest BCUT2D eigenvalue weighted by Gasteiger charge is -2.28. The largest absolute Gasteiger partial charge is 0.433 e. The molecule has 0 bridgehead atoms. The second-order valence-electron chi connectivity index (χ2n) is 7.27. The van der Waals surface area contributed by atoms with E-state index in [2.05, 4.69) is 4.99 Å². The quantitative estimate of drug-likeness (QED) is 0.425. The Balaban J connectivity index is 3.27. The first kappa shape index (κ1) is 26.4. The van der Waals surface area contributed by atoms with Crippen LogP contribution in [0.5, 0.6) is 0 Å².